The van der Waals surface area contributed by atoms with Crippen molar-refractivity contribution >= 4 is 33.2 Å². The molecule has 9 heteroatoms. The maximum atomic E-state index is 13.8. The van der Waals surface area contributed by atoms with E-state index in [1.54, 1.807) is 0 Å². The zero-order valence-corrected chi connectivity index (χ0v) is 15.7. The number of rotatable bonds is 4. The van der Waals surface area contributed by atoms with E-state index in [0.29, 0.717) is 12.8 Å². The second-order valence-corrected chi connectivity index (χ2v) is 8.62. The minimum absolute atomic E-state index is 0.00929. The summed E-state index contributed by atoms with van der Waals surface area (Å²) in [5, 5.41) is 2.74. The summed E-state index contributed by atoms with van der Waals surface area (Å²) in [5.41, 5.74) is 0.0331. The maximum absolute atomic E-state index is 13.8. The minimum Gasteiger partial charge on any atom is -0.323 e. The molecule has 1 heterocycles. The van der Waals surface area contributed by atoms with Crippen LogP contribution >= 0.6 is 11.6 Å². The van der Waals surface area contributed by atoms with Gasteiger partial charge < -0.3 is 5.32 Å². The van der Waals surface area contributed by atoms with Crippen molar-refractivity contribution < 1.29 is 22.0 Å². The predicted molar refractivity (Wildman–Crippen MR) is 97.9 cm³/mol. The number of piperidine rings is 1. The van der Waals surface area contributed by atoms with Gasteiger partial charge in [-0.3, -0.25) is 4.79 Å². The van der Waals surface area contributed by atoms with Gasteiger partial charge in [0, 0.05) is 24.0 Å². The molecule has 1 fully saturated rings. The lowest BCUT2D eigenvalue weighted by atomic mass is 9.97. The third-order valence-electron chi connectivity index (χ3n) is 4.47. The van der Waals surface area contributed by atoms with E-state index in [0.717, 1.165) is 18.2 Å². The average molecular weight is 415 g/mol. The van der Waals surface area contributed by atoms with Crippen LogP contribution in [0, 0.1) is 17.6 Å². The Kier molecular flexibility index (Phi) is 5.78. The fraction of sp³-hybridized carbons (Fsp3) is 0.278. The van der Waals surface area contributed by atoms with Gasteiger partial charge in [0.25, 0.3) is 0 Å². The van der Waals surface area contributed by atoms with Crippen LogP contribution in [0.1, 0.15) is 12.8 Å². The average Bonchev–Trinajstić information content (AvgIpc) is 2.64. The summed E-state index contributed by atoms with van der Waals surface area (Å²) in [6.45, 7) is 0.307. The van der Waals surface area contributed by atoms with Gasteiger partial charge in [-0.2, -0.15) is 4.31 Å². The number of anilines is 1. The molecule has 5 nitrogen and oxygen atoms in total. The van der Waals surface area contributed by atoms with Crippen LogP contribution in [0.4, 0.5) is 14.5 Å². The number of halogens is 3. The van der Waals surface area contributed by atoms with Gasteiger partial charge in [0.15, 0.2) is 0 Å². The largest absolute Gasteiger partial charge is 0.323 e. The standard InChI is InChI=1S/C18H17ClF2N2O3S/c19-13-1-6-17(16(21)11-13)22-18(24)12-7-9-23(10-8-12)27(25,26)15-4-2-14(20)3-5-15/h1-6,11-12H,7-10H2,(H,22,24). The Labute approximate surface area is 161 Å². The van der Waals surface area contributed by atoms with Gasteiger partial charge in [0.2, 0.25) is 15.9 Å². The number of carbonyl (C=O) groups is 1. The van der Waals surface area contributed by atoms with E-state index >= 15 is 0 Å². The molecule has 1 amide bonds. The predicted octanol–water partition coefficient (Wildman–Crippen LogP) is 3.66. The van der Waals surface area contributed by atoms with Crippen LogP contribution < -0.4 is 5.32 Å². The Bertz CT molecular complexity index is 944. The van der Waals surface area contributed by atoms with Gasteiger partial charge in [-0.1, -0.05) is 11.6 Å². The molecule has 0 atom stereocenters. The molecule has 0 bridgehead atoms. The lowest BCUT2D eigenvalue weighted by molar-refractivity contribution is -0.120. The number of benzene rings is 2. The SMILES string of the molecule is O=C(Nc1ccc(Cl)cc1F)C1CCN(S(=O)(=O)c2ccc(F)cc2)CC1. The van der Waals surface area contributed by atoms with E-state index in [-0.39, 0.29) is 34.6 Å². The van der Waals surface area contributed by atoms with Crippen LogP contribution in [0.3, 0.4) is 0 Å². The topological polar surface area (TPSA) is 66.5 Å². The molecule has 0 radical (unpaired) electrons. The van der Waals surface area contributed by atoms with Crippen molar-refractivity contribution in [3.05, 3.63) is 59.1 Å². The molecule has 1 aliphatic heterocycles. The van der Waals surface area contributed by atoms with Crippen LogP contribution in [-0.4, -0.2) is 31.7 Å². The Hall–Kier alpha value is -2.03. The summed E-state index contributed by atoms with van der Waals surface area (Å²) in [5.74, 6) is -1.94. The fourth-order valence-corrected chi connectivity index (χ4v) is 4.57. The molecule has 144 valence electrons. The summed E-state index contributed by atoms with van der Waals surface area (Å²) in [4.78, 5) is 12.4. The van der Waals surface area contributed by atoms with Crippen LogP contribution in [0.15, 0.2) is 47.4 Å². The fourth-order valence-electron chi connectivity index (χ4n) is 2.94. The Morgan fingerprint density at radius 3 is 2.30 bits per heavy atom. The first-order valence-corrected chi connectivity index (χ1v) is 10.1. The number of hydrogen-bond acceptors (Lipinski definition) is 3. The Morgan fingerprint density at radius 2 is 1.70 bits per heavy atom. The molecule has 1 aliphatic rings. The zero-order valence-electron chi connectivity index (χ0n) is 14.2. The second kappa shape index (κ2) is 7.92. The van der Waals surface area contributed by atoms with E-state index < -0.39 is 27.6 Å². The van der Waals surface area contributed by atoms with Crippen molar-refractivity contribution in [3.8, 4) is 0 Å². The van der Waals surface area contributed by atoms with Gasteiger partial charge >= 0.3 is 0 Å². The molecule has 2 aromatic rings. The summed E-state index contributed by atoms with van der Waals surface area (Å²) in [7, 11) is -3.74. The van der Waals surface area contributed by atoms with Gasteiger partial charge in [-0.05, 0) is 55.3 Å². The quantitative estimate of drug-likeness (QED) is 0.830. The van der Waals surface area contributed by atoms with Crippen LogP contribution in [0.5, 0.6) is 0 Å². The van der Waals surface area contributed by atoms with E-state index in [1.165, 1.54) is 28.6 Å². The van der Waals surface area contributed by atoms with E-state index in [1.807, 2.05) is 0 Å². The van der Waals surface area contributed by atoms with Crippen molar-refractivity contribution in [1.29, 1.82) is 0 Å². The van der Waals surface area contributed by atoms with Crippen molar-refractivity contribution in [1.82, 2.24) is 4.31 Å². The third kappa shape index (κ3) is 4.45. The first-order chi connectivity index (χ1) is 12.8. The number of amides is 1. The number of carbonyl (C=O) groups excluding carboxylic acids is 1. The highest BCUT2D eigenvalue weighted by atomic mass is 35.5. The maximum Gasteiger partial charge on any atom is 0.243 e. The summed E-state index contributed by atoms with van der Waals surface area (Å²) < 4.78 is 53.2. The molecule has 27 heavy (non-hydrogen) atoms. The monoisotopic (exact) mass is 414 g/mol. The highest BCUT2D eigenvalue weighted by Gasteiger charge is 2.32. The zero-order chi connectivity index (χ0) is 19.6. The molecule has 0 unspecified atom stereocenters. The smallest absolute Gasteiger partial charge is 0.243 e. The molecule has 0 aliphatic carbocycles. The first kappa shape index (κ1) is 19.7. The molecular weight excluding hydrogens is 398 g/mol. The first-order valence-electron chi connectivity index (χ1n) is 8.29. The van der Waals surface area contributed by atoms with Crippen molar-refractivity contribution in [2.75, 3.05) is 18.4 Å². The van der Waals surface area contributed by atoms with Gasteiger partial charge in [0.1, 0.15) is 11.6 Å². The number of hydrogen-bond donors (Lipinski definition) is 1. The summed E-state index contributed by atoms with van der Waals surface area (Å²) in [6.07, 6.45) is 0.614. The highest BCUT2D eigenvalue weighted by Crippen LogP contribution is 2.26. The van der Waals surface area contributed by atoms with E-state index in [4.69, 9.17) is 11.6 Å². The number of nitrogens with zero attached hydrogens (tertiary/aromatic N) is 1. The summed E-state index contributed by atoms with van der Waals surface area (Å²) in [6, 6.07) is 8.57. The third-order valence-corrected chi connectivity index (χ3v) is 6.61. The molecule has 3 rings (SSSR count). The second-order valence-electron chi connectivity index (χ2n) is 6.25. The van der Waals surface area contributed by atoms with E-state index in [9.17, 15) is 22.0 Å². The minimum atomic E-state index is -3.74. The molecule has 1 saturated heterocycles. The van der Waals surface area contributed by atoms with Crippen LogP contribution in [0.2, 0.25) is 5.02 Å². The normalized spacial score (nSPS) is 16.3. The van der Waals surface area contributed by atoms with Crippen LogP contribution in [-0.2, 0) is 14.8 Å². The van der Waals surface area contributed by atoms with E-state index in [2.05, 4.69) is 5.32 Å². The van der Waals surface area contributed by atoms with Crippen molar-refractivity contribution in [3.63, 3.8) is 0 Å². The molecule has 0 spiro atoms. The lowest BCUT2D eigenvalue weighted by Crippen LogP contribution is -2.41. The highest BCUT2D eigenvalue weighted by molar-refractivity contribution is 7.89. The molecule has 1 N–H and O–H groups in total. The number of nitrogens with one attached hydrogen (secondary N) is 1. The molecular formula is C18H17ClF2N2O3S. The summed E-state index contributed by atoms with van der Waals surface area (Å²) >= 11 is 5.68. The lowest BCUT2D eigenvalue weighted by Gasteiger charge is -2.30. The Morgan fingerprint density at radius 1 is 1.07 bits per heavy atom. The molecule has 0 aromatic heterocycles. The van der Waals surface area contributed by atoms with Gasteiger partial charge in [-0.25, -0.2) is 17.2 Å². The van der Waals surface area contributed by atoms with Crippen molar-refractivity contribution in [2.24, 2.45) is 5.92 Å². The Balaban J connectivity index is 1.62. The van der Waals surface area contributed by atoms with Crippen LogP contribution in [0.25, 0.3) is 0 Å². The van der Waals surface area contributed by atoms with Gasteiger partial charge in [0.05, 0.1) is 10.6 Å². The van der Waals surface area contributed by atoms with Crippen molar-refractivity contribution in [2.45, 2.75) is 17.7 Å². The molecule has 0 saturated carbocycles. The number of sulfonamides is 1. The molecule has 2 aromatic carbocycles. The van der Waals surface area contributed by atoms with Gasteiger partial charge in [-0.15, -0.1) is 0 Å².